The van der Waals surface area contributed by atoms with Crippen molar-refractivity contribution in [3.05, 3.63) is 65.7 Å². The average molecular weight is 431 g/mol. The molecule has 0 spiro atoms. The van der Waals surface area contributed by atoms with Crippen LogP contribution in [-0.4, -0.2) is 30.0 Å². The second kappa shape index (κ2) is 10.7. The van der Waals surface area contributed by atoms with E-state index in [1.54, 1.807) is 0 Å². The van der Waals surface area contributed by atoms with Crippen LogP contribution in [0.25, 0.3) is 22.2 Å². The number of hydrogen-bond acceptors (Lipinski definition) is 4. The molecule has 0 aliphatic heterocycles. The Balaban J connectivity index is 1.79. The number of nitrogens with two attached hydrogens (primary N) is 1. The molecule has 4 rings (SSSR count). The normalized spacial score (nSPS) is 15.6. The van der Waals surface area contributed by atoms with Crippen LogP contribution in [0.4, 0.5) is 0 Å². The summed E-state index contributed by atoms with van der Waals surface area (Å²) in [4.78, 5) is 18.7. The Morgan fingerprint density at radius 1 is 1.06 bits per heavy atom. The monoisotopic (exact) mass is 430 g/mol. The summed E-state index contributed by atoms with van der Waals surface area (Å²) in [5, 5.41) is 7.64. The van der Waals surface area contributed by atoms with E-state index in [2.05, 4.69) is 29.7 Å². The molecule has 1 aliphatic rings. The fourth-order valence-electron chi connectivity index (χ4n) is 4.86. The van der Waals surface area contributed by atoms with Crippen molar-refractivity contribution in [2.24, 2.45) is 11.7 Å². The fraction of sp³-hybridized carbons (Fsp3) is 0.407. The predicted molar refractivity (Wildman–Crippen MR) is 131 cm³/mol. The third kappa shape index (κ3) is 5.00. The van der Waals surface area contributed by atoms with E-state index in [1.807, 2.05) is 42.5 Å². The van der Waals surface area contributed by atoms with Gasteiger partial charge in [0, 0.05) is 42.2 Å². The van der Waals surface area contributed by atoms with E-state index in [9.17, 15) is 4.79 Å². The molecule has 1 heterocycles. The molecule has 1 aromatic heterocycles. The molecule has 32 heavy (non-hydrogen) atoms. The van der Waals surface area contributed by atoms with E-state index in [0.717, 1.165) is 33.3 Å². The summed E-state index contributed by atoms with van der Waals surface area (Å²) in [6.45, 7) is 3.92. The van der Waals surface area contributed by atoms with Gasteiger partial charge in [-0.05, 0) is 31.7 Å². The van der Waals surface area contributed by atoms with Gasteiger partial charge in [0.1, 0.15) is 0 Å². The summed E-state index contributed by atoms with van der Waals surface area (Å²) in [6, 6.07) is 18.2. The van der Waals surface area contributed by atoms with Crippen molar-refractivity contribution in [1.29, 1.82) is 0 Å². The number of rotatable bonds is 8. The van der Waals surface area contributed by atoms with Crippen molar-refractivity contribution >= 4 is 16.8 Å². The first-order valence-corrected chi connectivity index (χ1v) is 11.9. The van der Waals surface area contributed by atoms with Gasteiger partial charge in [0.25, 0.3) is 5.91 Å². The molecular formula is C27H34N4O. The minimum Gasteiger partial charge on any atom is -0.349 e. The highest BCUT2D eigenvalue weighted by Crippen LogP contribution is 2.31. The molecule has 5 heteroatoms. The highest BCUT2D eigenvalue weighted by molar-refractivity contribution is 6.09. The topological polar surface area (TPSA) is 80.0 Å². The lowest BCUT2D eigenvalue weighted by molar-refractivity contribution is 0.0920. The Hall–Kier alpha value is -2.76. The Kier molecular flexibility index (Phi) is 7.51. The van der Waals surface area contributed by atoms with Gasteiger partial charge in [0.2, 0.25) is 0 Å². The summed E-state index contributed by atoms with van der Waals surface area (Å²) in [7, 11) is 0. The molecule has 1 fully saturated rings. The smallest absolute Gasteiger partial charge is 0.252 e. The lowest BCUT2D eigenvalue weighted by Gasteiger charge is -2.29. The third-order valence-corrected chi connectivity index (χ3v) is 6.61. The van der Waals surface area contributed by atoms with Crippen molar-refractivity contribution in [1.82, 2.24) is 15.6 Å². The molecule has 1 unspecified atom stereocenters. The Morgan fingerprint density at radius 3 is 2.53 bits per heavy atom. The van der Waals surface area contributed by atoms with E-state index in [-0.39, 0.29) is 11.9 Å². The number of fused-ring (bicyclic) bond motifs is 1. The Labute approximate surface area is 190 Å². The summed E-state index contributed by atoms with van der Waals surface area (Å²) in [5.41, 5.74) is 10.1. The van der Waals surface area contributed by atoms with Gasteiger partial charge in [-0.3, -0.25) is 4.79 Å². The van der Waals surface area contributed by atoms with Gasteiger partial charge in [-0.1, -0.05) is 67.8 Å². The number of hydrogen-bond donors (Lipinski definition) is 3. The standard InChI is InChI=1S/C27H34N4O/c1-19(20-10-4-2-5-11-20)30-27(32)25-22-14-8-9-15-24(22)31-26(21-12-6-3-7-13-21)23(25)18-29-17-16-28/h3,6-9,12-15,19-20,29H,2,4-5,10-11,16-18,28H2,1H3,(H,30,32). The number of nitrogens with zero attached hydrogens (tertiary/aromatic N) is 1. The first-order chi connectivity index (χ1) is 15.7. The van der Waals surface area contributed by atoms with Crippen LogP contribution < -0.4 is 16.4 Å². The maximum Gasteiger partial charge on any atom is 0.252 e. The van der Waals surface area contributed by atoms with Gasteiger partial charge < -0.3 is 16.4 Å². The van der Waals surface area contributed by atoms with Crippen LogP contribution in [0.2, 0.25) is 0 Å². The number of carbonyl (C=O) groups is 1. The van der Waals surface area contributed by atoms with E-state index in [0.29, 0.717) is 25.6 Å². The molecule has 5 nitrogen and oxygen atoms in total. The molecule has 1 amide bonds. The van der Waals surface area contributed by atoms with Gasteiger partial charge >= 0.3 is 0 Å². The molecule has 0 bridgehead atoms. The first kappa shape index (κ1) is 22.4. The van der Waals surface area contributed by atoms with Crippen molar-refractivity contribution in [3.8, 4) is 11.3 Å². The van der Waals surface area contributed by atoms with Crippen LogP contribution in [-0.2, 0) is 6.54 Å². The van der Waals surface area contributed by atoms with Gasteiger partial charge in [0.05, 0.1) is 16.8 Å². The molecule has 0 radical (unpaired) electrons. The maximum atomic E-state index is 13.8. The van der Waals surface area contributed by atoms with Crippen LogP contribution in [0.3, 0.4) is 0 Å². The average Bonchev–Trinajstić information content (AvgIpc) is 2.84. The van der Waals surface area contributed by atoms with Crippen molar-refractivity contribution < 1.29 is 4.79 Å². The molecule has 2 aromatic carbocycles. The highest BCUT2D eigenvalue weighted by atomic mass is 16.1. The SMILES string of the molecule is CC(NC(=O)c1c(CNCCN)c(-c2ccccc2)nc2ccccc12)C1CCCCC1. The maximum absolute atomic E-state index is 13.8. The van der Waals surface area contributed by atoms with Crippen LogP contribution in [0.1, 0.15) is 54.9 Å². The molecule has 3 aromatic rings. The molecule has 1 aliphatic carbocycles. The molecule has 1 saturated carbocycles. The summed E-state index contributed by atoms with van der Waals surface area (Å²) in [6.07, 6.45) is 6.21. The number of carbonyl (C=O) groups excluding carboxylic acids is 1. The highest BCUT2D eigenvalue weighted by Gasteiger charge is 2.25. The summed E-state index contributed by atoms with van der Waals surface area (Å²) in [5.74, 6) is 0.539. The minimum absolute atomic E-state index is 0.0107. The quantitative estimate of drug-likeness (QED) is 0.455. The zero-order valence-electron chi connectivity index (χ0n) is 18.9. The zero-order valence-corrected chi connectivity index (χ0v) is 18.9. The number of aromatic nitrogens is 1. The van der Waals surface area contributed by atoms with Crippen LogP contribution >= 0.6 is 0 Å². The number of benzene rings is 2. The summed E-state index contributed by atoms with van der Waals surface area (Å²) < 4.78 is 0. The minimum atomic E-state index is -0.0107. The molecule has 4 N–H and O–H groups in total. The second-order valence-corrected chi connectivity index (χ2v) is 8.82. The van der Waals surface area contributed by atoms with Gasteiger partial charge in [0.15, 0.2) is 0 Å². The molecule has 168 valence electrons. The van der Waals surface area contributed by atoms with Gasteiger partial charge in [-0.25, -0.2) is 4.98 Å². The van der Waals surface area contributed by atoms with Crippen molar-refractivity contribution in [2.45, 2.75) is 51.6 Å². The molecule has 1 atom stereocenters. The van der Waals surface area contributed by atoms with Crippen LogP contribution in [0.15, 0.2) is 54.6 Å². The number of para-hydroxylation sites is 1. The van der Waals surface area contributed by atoms with E-state index in [4.69, 9.17) is 10.7 Å². The number of nitrogens with one attached hydrogen (secondary N) is 2. The van der Waals surface area contributed by atoms with E-state index < -0.39 is 0 Å². The second-order valence-electron chi connectivity index (χ2n) is 8.82. The van der Waals surface area contributed by atoms with Crippen molar-refractivity contribution in [2.75, 3.05) is 13.1 Å². The predicted octanol–water partition coefficient (Wildman–Crippen LogP) is 4.65. The fourth-order valence-corrected chi connectivity index (χ4v) is 4.86. The van der Waals surface area contributed by atoms with E-state index >= 15 is 0 Å². The largest absolute Gasteiger partial charge is 0.349 e. The Bertz CT molecular complexity index is 1040. The first-order valence-electron chi connectivity index (χ1n) is 11.9. The molecule has 0 saturated heterocycles. The lowest BCUT2D eigenvalue weighted by atomic mass is 9.84. The van der Waals surface area contributed by atoms with Crippen LogP contribution in [0.5, 0.6) is 0 Å². The zero-order chi connectivity index (χ0) is 22.3. The number of pyridine rings is 1. The lowest BCUT2D eigenvalue weighted by Crippen LogP contribution is -2.39. The summed E-state index contributed by atoms with van der Waals surface area (Å²) >= 11 is 0. The van der Waals surface area contributed by atoms with Crippen LogP contribution in [0, 0.1) is 5.92 Å². The van der Waals surface area contributed by atoms with Gasteiger partial charge in [-0.2, -0.15) is 0 Å². The molecular weight excluding hydrogens is 396 g/mol. The van der Waals surface area contributed by atoms with Gasteiger partial charge in [-0.15, -0.1) is 0 Å². The van der Waals surface area contributed by atoms with Crippen molar-refractivity contribution in [3.63, 3.8) is 0 Å². The number of amides is 1. The Morgan fingerprint density at radius 2 is 1.78 bits per heavy atom. The third-order valence-electron chi connectivity index (χ3n) is 6.61. The van der Waals surface area contributed by atoms with E-state index in [1.165, 1.54) is 32.1 Å².